The molecule has 122 valence electrons. The molecular formula is C16H21N5OS. The number of hydrogen-bond donors (Lipinski definition) is 3. The topological polar surface area (TPSA) is 71.0 Å². The fourth-order valence-electron chi connectivity index (χ4n) is 2.12. The van der Waals surface area contributed by atoms with Gasteiger partial charge in [-0.2, -0.15) is 5.10 Å². The number of thiocarbonyl (C=S) groups is 1. The molecule has 3 N–H and O–H groups in total. The summed E-state index contributed by atoms with van der Waals surface area (Å²) in [5.74, 6) is -0.221. The molecule has 0 saturated heterocycles. The second-order valence-electron chi connectivity index (χ2n) is 5.26. The highest BCUT2D eigenvalue weighted by atomic mass is 32.1. The van der Waals surface area contributed by atoms with Crippen molar-refractivity contribution >= 4 is 28.9 Å². The van der Waals surface area contributed by atoms with Crippen molar-refractivity contribution in [3.8, 4) is 0 Å². The molecule has 23 heavy (non-hydrogen) atoms. The Bertz CT molecular complexity index is 693. The first-order chi connectivity index (χ1) is 11.0. The predicted molar refractivity (Wildman–Crippen MR) is 95.0 cm³/mol. The van der Waals surface area contributed by atoms with E-state index >= 15 is 0 Å². The first-order valence-electron chi connectivity index (χ1n) is 7.43. The van der Waals surface area contributed by atoms with Crippen molar-refractivity contribution in [2.75, 3.05) is 5.32 Å². The zero-order valence-electron chi connectivity index (χ0n) is 13.5. The second-order valence-corrected chi connectivity index (χ2v) is 5.67. The van der Waals surface area contributed by atoms with Gasteiger partial charge in [-0.3, -0.25) is 20.3 Å². The Balaban J connectivity index is 1.79. The van der Waals surface area contributed by atoms with Crippen LogP contribution in [0.5, 0.6) is 0 Å². The molecular weight excluding hydrogens is 310 g/mol. The van der Waals surface area contributed by atoms with Gasteiger partial charge in [0.1, 0.15) is 6.54 Å². The van der Waals surface area contributed by atoms with Gasteiger partial charge >= 0.3 is 0 Å². The molecule has 2 aromatic rings. The molecule has 2 rings (SSSR count). The molecule has 0 aliphatic rings. The number of anilines is 1. The van der Waals surface area contributed by atoms with Crippen LogP contribution in [-0.4, -0.2) is 20.8 Å². The lowest BCUT2D eigenvalue weighted by Gasteiger charge is -2.12. The second kappa shape index (κ2) is 7.73. The number of hydrazine groups is 1. The number of amides is 1. The van der Waals surface area contributed by atoms with Crippen LogP contribution in [-0.2, 0) is 17.8 Å². The summed E-state index contributed by atoms with van der Waals surface area (Å²) in [6.45, 7) is 6.04. The van der Waals surface area contributed by atoms with E-state index in [2.05, 4.69) is 28.2 Å². The fraction of sp³-hybridized carbons (Fsp3) is 0.312. The van der Waals surface area contributed by atoms with E-state index in [0.29, 0.717) is 5.11 Å². The molecule has 6 nitrogen and oxygen atoms in total. The van der Waals surface area contributed by atoms with Crippen LogP contribution in [0.3, 0.4) is 0 Å². The number of aryl methyl sites for hydroxylation is 3. The molecule has 0 aliphatic heterocycles. The Morgan fingerprint density at radius 1 is 1.22 bits per heavy atom. The van der Waals surface area contributed by atoms with E-state index in [4.69, 9.17) is 12.2 Å². The molecule has 1 heterocycles. The summed E-state index contributed by atoms with van der Waals surface area (Å²) in [4.78, 5) is 11.9. The van der Waals surface area contributed by atoms with Gasteiger partial charge in [-0.1, -0.05) is 19.1 Å². The number of rotatable bonds is 4. The molecule has 1 amide bonds. The average molecular weight is 331 g/mol. The third kappa shape index (κ3) is 5.07. The highest BCUT2D eigenvalue weighted by Crippen LogP contribution is 2.09. The van der Waals surface area contributed by atoms with Crippen LogP contribution < -0.4 is 16.2 Å². The molecule has 7 heteroatoms. The first-order valence-corrected chi connectivity index (χ1v) is 7.84. The van der Waals surface area contributed by atoms with Crippen molar-refractivity contribution in [1.29, 1.82) is 0 Å². The Morgan fingerprint density at radius 2 is 1.91 bits per heavy atom. The van der Waals surface area contributed by atoms with Crippen molar-refractivity contribution < 1.29 is 4.79 Å². The zero-order valence-corrected chi connectivity index (χ0v) is 14.3. The number of carbonyl (C=O) groups excluding carboxylic acids is 1. The van der Waals surface area contributed by atoms with Gasteiger partial charge in [0, 0.05) is 11.4 Å². The molecule has 0 aliphatic carbocycles. The summed E-state index contributed by atoms with van der Waals surface area (Å²) < 4.78 is 1.65. The number of hydrogen-bond acceptors (Lipinski definition) is 3. The smallest absolute Gasteiger partial charge is 0.260 e. The van der Waals surface area contributed by atoms with Gasteiger partial charge in [-0.05, 0) is 56.2 Å². The lowest BCUT2D eigenvalue weighted by molar-refractivity contribution is -0.122. The maximum atomic E-state index is 11.9. The monoisotopic (exact) mass is 331 g/mol. The Kier molecular flexibility index (Phi) is 5.70. The van der Waals surface area contributed by atoms with Crippen LogP contribution in [0.15, 0.2) is 30.3 Å². The van der Waals surface area contributed by atoms with Crippen LogP contribution in [0, 0.1) is 13.8 Å². The predicted octanol–water partition coefficient (Wildman–Crippen LogP) is 2.08. The van der Waals surface area contributed by atoms with E-state index in [0.717, 1.165) is 23.5 Å². The summed E-state index contributed by atoms with van der Waals surface area (Å²) in [5.41, 5.74) is 9.19. The zero-order chi connectivity index (χ0) is 16.8. The number of nitrogens with zero attached hydrogens (tertiary/aromatic N) is 2. The molecule has 0 bridgehead atoms. The van der Waals surface area contributed by atoms with Crippen LogP contribution in [0.2, 0.25) is 0 Å². The third-order valence-corrected chi connectivity index (χ3v) is 3.54. The molecule has 0 spiro atoms. The lowest BCUT2D eigenvalue weighted by Crippen LogP contribution is -2.45. The maximum absolute atomic E-state index is 11.9. The van der Waals surface area contributed by atoms with Crippen molar-refractivity contribution in [2.45, 2.75) is 33.7 Å². The molecule has 0 fully saturated rings. The Labute approximate surface area is 141 Å². The third-order valence-electron chi connectivity index (χ3n) is 3.33. The Morgan fingerprint density at radius 3 is 2.48 bits per heavy atom. The average Bonchev–Trinajstić information content (AvgIpc) is 2.83. The van der Waals surface area contributed by atoms with Crippen LogP contribution >= 0.6 is 12.2 Å². The molecule has 0 atom stereocenters. The van der Waals surface area contributed by atoms with Crippen LogP contribution in [0.1, 0.15) is 23.9 Å². The van der Waals surface area contributed by atoms with Crippen molar-refractivity contribution in [3.63, 3.8) is 0 Å². The van der Waals surface area contributed by atoms with E-state index in [1.165, 1.54) is 5.56 Å². The summed E-state index contributed by atoms with van der Waals surface area (Å²) >= 11 is 5.15. The number of benzene rings is 1. The maximum Gasteiger partial charge on any atom is 0.260 e. The molecule has 0 saturated carbocycles. The van der Waals surface area contributed by atoms with Gasteiger partial charge in [0.2, 0.25) is 0 Å². The van der Waals surface area contributed by atoms with Gasteiger partial charge in [0.15, 0.2) is 5.11 Å². The van der Waals surface area contributed by atoms with Crippen molar-refractivity contribution in [3.05, 3.63) is 47.3 Å². The largest absolute Gasteiger partial charge is 0.331 e. The summed E-state index contributed by atoms with van der Waals surface area (Å²) in [6, 6.07) is 9.89. The normalized spacial score (nSPS) is 10.2. The molecule has 1 aromatic heterocycles. The van der Waals surface area contributed by atoms with E-state index in [1.54, 1.807) is 4.68 Å². The molecule has 0 unspecified atom stereocenters. The standard InChI is InChI=1S/C16H21N5OS/c1-4-13-5-7-14(8-6-13)17-16(23)19-18-15(22)10-21-12(3)9-11(2)20-21/h5-9H,4,10H2,1-3H3,(H,18,22)(H2,17,19,23). The highest BCUT2D eigenvalue weighted by Gasteiger charge is 2.07. The summed E-state index contributed by atoms with van der Waals surface area (Å²) in [7, 11) is 0. The minimum atomic E-state index is -0.221. The van der Waals surface area contributed by atoms with E-state index < -0.39 is 0 Å². The first kappa shape index (κ1) is 17.0. The number of nitrogens with one attached hydrogen (secondary N) is 3. The SMILES string of the molecule is CCc1ccc(NC(=S)NNC(=O)Cn2nc(C)cc2C)cc1. The van der Waals surface area contributed by atoms with Crippen molar-refractivity contribution in [2.24, 2.45) is 0 Å². The Hall–Kier alpha value is -2.41. The molecule has 1 aromatic carbocycles. The van der Waals surface area contributed by atoms with Gasteiger partial charge in [0.05, 0.1) is 5.69 Å². The van der Waals surface area contributed by atoms with Gasteiger partial charge in [0.25, 0.3) is 5.91 Å². The summed E-state index contributed by atoms with van der Waals surface area (Å²) in [5, 5.41) is 7.58. The van der Waals surface area contributed by atoms with Crippen molar-refractivity contribution in [1.82, 2.24) is 20.6 Å². The minimum Gasteiger partial charge on any atom is -0.331 e. The minimum absolute atomic E-state index is 0.139. The van der Waals surface area contributed by atoms with Gasteiger partial charge < -0.3 is 5.32 Å². The lowest BCUT2D eigenvalue weighted by atomic mass is 10.1. The number of carbonyl (C=O) groups is 1. The van der Waals surface area contributed by atoms with E-state index in [1.807, 2.05) is 44.2 Å². The van der Waals surface area contributed by atoms with E-state index in [9.17, 15) is 4.79 Å². The van der Waals surface area contributed by atoms with Crippen LogP contribution in [0.25, 0.3) is 0 Å². The highest BCUT2D eigenvalue weighted by molar-refractivity contribution is 7.80. The quantitative estimate of drug-likeness (QED) is 0.591. The van der Waals surface area contributed by atoms with Gasteiger partial charge in [-0.15, -0.1) is 0 Å². The van der Waals surface area contributed by atoms with E-state index in [-0.39, 0.29) is 12.5 Å². The fourth-order valence-corrected chi connectivity index (χ4v) is 2.29. The van der Waals surface area contributed by atoms with Crippen LogP contribution in [0.4, 0.5) is 5.69 Å². The summed E-state index contributed by atoms with van der Waals surface area (Å²) in [6.07, 6.45) is 0.991. The number of aromatic nitrogens is 2. The molecule has 0 radical (unpaired) electrons. The van der Waals surface area contributed by atoms with Gasteiger partial charge in [-0.25, -0.2) is 0 Å².